The number of carbonyl (C=O) groups excluding carboxylic acids is 2. The Labute approximate surface area is 133 Å². The van der Waals surface area contributed by atoms with Gasteiger partial charge in [-0.05, 0) is 48.0 Å². The van der Waals surface area contributed by atoms with E-state index < -0.39 is 11.9 Å². The Kier molecular flexibility index (Phi) is 5.61. The van der Waals surface area contributed by atoms with Crippen molar-refractivity contribution in [2.24, 2.45) is 0 Å². The minimum atomic E-state index is -0.526. The Morgan fingerprint density at radius 1 is 1.30 bits per heavy atom. The number of hydrogen-bond donors (Lipinski definition) is 2. The molecular weight excluding hydrogens is 300 g/mol. The molecule has 0 fully saturated rings. The molecule has 122 valence electrons. The average molecular weight is 318 g/mol. The monoisotopic (exact) mass is 318 g/mol. The molecule has 0 radical (unpaired) electrons. The van der Waals surface area contributed by atoms with E-state index in [1.165, 1.54) is 11.0 Å². The van der Waals surface area contributed by atoms with Crippen molar-refractivity contribution in [3.63, 3.8) is 0 Å². The van der Waals surface area contributed by atoms with Crippen LogP contribution in [0.3, 0.4) is 0 Å². The highest BCUT2D eigenvalue weighted by Gasteiger charge is 2.10. The predicted molar refractivity (Wildman–Crippen MR) is 81.1 cm³/mol. The highest BCUT2D eigenvalue weighted by atomic mass is 16.5. The molecule has 2 aromatic rings. The van der Waals surface area contributed by atoms with E-state index in [9.17, 15) is 9.59 Å². The van der Waals surface area contributed by atoms with E-state index in [4.69, 9.17) is 4.74 Å². The van der Waals surface area contributed by atoms with E-state index >= 15 is 0 Å². The first-order valence-corrected chi connectivity index (χ1v) is 7.15. The van der Waals surface area contributed by atoms with Crippen LogP contribution in [-0.2, 0) is 4.79 Å². The average Bonchev–Trinajstić information content (AvgIpc) is 3.07. The molecule has 0 bridgehead atoms. The second-order valence-corrected chi connectivity index (χ2v) is 4.87. The fraction of sp³-hybridized carbons (Fsp3) is 0.357. The van der Waals surface area contributed by atoms with Crippen LogP contribution in [0.2, 0.25) is 0 Å². The number of nitrogens with zero attached hydrogens (tertiary/aromatic N) is 4. The maximum atomic E-state index is 11.6. The van der Waals surface area contributed by atoms with Crippen molar-refractivity contribution in [3.05, 3.63) is 30.6 Å². The van der Waals surface area contributed by atoms with Crippen molar-refractivity contribution in [3.8, 4) is 11.4 Å². The van der Waals surface area contributed by atoms with E-state index in [0.29, 0.717) is 5.75 Å². The summed E-state index contributed by atoms with van der Waals surface area (Å²) in [7, 11) is 0. The summed E-state index contributed by atoms with van der Waals surface area (Å²) in [6, 6.07) is 6.34. The Morgan fingerprint density at radius 3 is 2.65 bits per heavy atom. The smallest absolute Gasteiger partial charge is 0.321 e. The number of nitrogens with one attached hydrogen (secondary N) is 2. The van der Waals surface area contributed by atoms with Crippen LogP contribution in [0.1, 0.15) is 20.3 Å². The molecule has 23 heavy (non-hydrogen) atoms. The molecule has 0 aliphatic carbocycles. The summed E-state index contributed by atoms with van der Waals surface area (Å²) < 4.78 is 6.82. The molecule has 1 heterocycles. The van der Waals surface area contributed by atoms with Crippen LogP contribution in [-0.4, -0.2) is 44.8 Å². The zero-order valence-electron chi connectivity index (χ0n) is 12.9. The third-order valence-electron chi connectivity index (χ3n) is 3.06. The number of ether oxygens (including phenoxy) is 1. The highest BCUT2D eigenvalue weighted by Crippen LogP contribution is 2.13. The molecule has 9 heteroatoms. The standard InChI is InChI=1S/C14H18N6O3/c1-3-10(2)16-14(22)17-13(21)8-23-12-6-4-11(5-7-12)20-9-15-18-19-20/h4-7,9-10H,3,8H2,1-2H3,(H2,16,17,21,22)/t10-/m0/s1. The fourth-order valence-corrected chi connectivity index (χ4v) is 1.65. The zero-order valence-corrected chi connectivity index (χ0v) is 12.9. The van der Waals surface area contributed by atoms with Crippen LogP contribution in [0.15, 0.2) is 30.6 Å². The molecule has 2 N–H and O–H groups in total. The van der Waals surface area contributed by atoms with Gasteiger partial charge in [-0.3, -0.25) is 10.1 Å². The summed E-state index contributed by atoms with van der Waals surface area (Å²) in [6.45, 7) is 3.54. The lowest BCUT2D eigenvalue weighted by Gasteiger charge is -2.12. The van der Waals surface area contributed by atoms with Gasteiger partial charge < -0.3 is 10.1 Å². The normalized spacial score (nSPS) is 11.6. The molecule has 1 atom stereocenters. The van der Waals surface area contributed by atoms with E-state index in [0.717, 1.165) is 12.1 Å². The lowest BCUT2D eigenvalue weighted by molar-refractivity contribution is -0.122. The van der Waals surface area contributed by atoms with Crippen LogP contribution in [0.25, 0.3) is 5.69 Å². The Bertz CT molecular complexity index is 641. The van der Waals surface area contributed by atoms with Crippen molar-refractivity contribution in [1.82, 2.24) is 30.8 Å². The van der Waals surface area contributed by atoms with Crippen LogP contribution < -0.4 is 15.4 Å². The van der Waals surface area contributed by atoms with E-state index in [-0.39, 0.29) is 12.6 Å². The molecule has 0 spiro atoms. The van der Waals surface area contributed by atoms with Gasteiger partial charge in [0.05, 0.1) is 5.69 Å². The number of aromatic nitrogens is 4. The van der Waals surface area contributed by atoms with Crippen LogP contribution >= 0.6 is 0 Å². The van der Waals surface area contributed by atoms with Gasteiger partial charge in [0.2, 0.25) is 0 Å². The number of amides is 3. The van der Waals surface area contributed by atoms with Crippen molar-refractivity contribution in [1.29, 1.82) is 0 Å². The van der Waals surface area contributed by atoms with Crippen LogP contribution in [0.4, 0.5) is 4.79 Å². The molecular formula is C14H18N6O3. The summed E-state index contributed by atoms with van der Waals surface area (Å²) >= 11 is 0. The minimum Gasteiger partial charge on any atom is -0.484 e. The third kappa shape index (κ3) is 5.06. The number of carbonyl (C=O) groups is 2. The molecule has 0 aliphatic heterocycles. The fourth-order valence-electron chi connectivity index (χ4n) is 1.65. The molecule has 2 rings (SSSR count). The first-order chi connectivity index (χ1) is 11.1. The number of urea groups is 1. The van der Waals surface area contributed by atoms with E-state index in [1.807, 2.05) is 13.8 Å². The predicted octanol–water partition coefficient (Wildman–Crippen LogP) is 0.665. The van der Waals surface area contributed by atoms with Gasteiger partial charge in [0.1, 0.15) is 12.1 Å². The Morgan fingerprint density at radius 2 is 2.04 bits per heavy atom. The first-order valence-electron chi connectivity index (χ1n) is 7.15. The number of hydrogen-bond acceptors (Lipinski definition) is 6. The quantitative estimate of drug-likeness (QED) is 0.809. The molecule has 0 aliphatic rings. The Hall–Kier alpha value is -2.97. The van der Waals surface area contributed by atoms with Crippen molar-refractivity contribution < 1.29 is 14.3 Å². The summed E-state index contributed by atoms with van der Waals surface area (Å²) in [5.74, 6) is -0.0188. The van der Waals surface area contributed by atoms with Gasteiger partial charge in [-0.25, -0.2) is 9.48 Å². The summed E-state index contributed by atoms with van der Waals surface area (Å²) in [5.41, 5.74) is 0.764. The largest absolute Gasteiger partial charge is 0.484 e. The maximum Gasteiger partial charge on any atom is 0.321 e. The van der Waals surface area contributed by atoms with Gasteiger partial charge in [-0.2, -0.15) is 0 Å². The second kappa shape index (κ2) is 7.87. The van der Waals surface area contributed by atoms with Gasteiger partial charge in [0.25, 0.3) is 5.91 Å². The number of tetrazole rings is 1. The number of rotatable bonds is 6. The van der Waals surface area contributed by atoms with Gasteiger partial charge in [0, 0.05) is 6.04 Å². The topological polar surface area (TPSA) is 111 Å². The summed E-state index contributed by atoms with van der Waals surface area (Å²) in [4.78, 5) is 23.1. The highest BCUT2D eigenvalue weighted by molar-refractivity contribution is 5.95. The Balaban J connectivity index is 1.79. The molecule has 1 aromatic carbocycles. The van der Waals surface area contributed by atoms with Gasteiger partial charge in [-0.15, -0.1) is 5.10 Å². The zero-order chi connectivity index (χ0) is 16.7. The van der Waals surface area contributed by atoms with Crippen molar-refractivity contribution in [2.45, 2.75) is 26.3 Å². The number of benzene rings is 1. The molecule has 0 unspecified atom stereocenters. The van der Waals surface area contributed by atoms with E-state index in [2.05, 4.69) is 26.2 Å². The lowest BCUT2D eigenvalue weighted by Crippen LogP contribution is -2.44. The van der Waals surface area contributed by atoms with Crippen molar-refractivity contribution >= 4 is 11.9 Å². The van der Waals surface area contributed by atoms with Crippen LogP contribution in [0, 0.1) is 0 Å². The molecule has 9 nitrogen and oxygen atoms in total. The summed E-state index contributed by atoms with van der Waals surface area (Å²) in [6.07, 6.45) is 2.25. The lowest BCUT2D eigenvalue weighted by atomic mass is 10.3. The van der Waals surface area contributed by atoms with Gasteiger partial charge in [0.15, 0.2) is 6.61 Å². The molecule has 1 aromatic heterocycles. The third-order valence-corrected chi connectivity index (χ3v) is 3.06. The molecule has 0 saturated carbocycles. The number of imide groups is 1. The van der Waals surface area contributed by atoms with Crippen molar-refractivity contribution in [2.75, 3.05) is 6.61 Å². The first kappa shape index (κ1) is 16.4. The second-order valence-electron chi connectivity index (χ2n) is 4.87. The van der Waals surface area contributed by atoms with Crippen LogP contribution in [0.5, 0.6) is 5.75 Å². The minimum absolute atomic E-state index is 0.00235. The molecule has 3 amide bonds. The van der Waals surface area contributed by atoms with Gasteiger partial charge >= 0.3 is 6.03 Å². The SMILES string of the molecule is CC[C@H](C)NC(=O)NC(=O)COc1ccc(-n2cnnn2)cc1. The molecule has 0 saturated heterocycles. The van der Waals surface area contributed by atoms with Gasteiger partial charge in [-0.1, -0.05) is 6.92 Å². The van der Waals surface area contributed by atoms with E-state index in [1.54, 1.807) is 24.3 Å². The maximum absolute atomic E-state index is 11.6. The summed E-state index contributed by atoms with van der Waals surface area (Å²) in [5, 5.41) is 15.7.